The molecule has 0 aliphatic carbocycles. The average Bonchev–Trinajstić information content (AvgIpc) is 3.07. The number of carbonyl (C=O) groups excluding carboxylic acids is 1. The quantitative estimate of drug-likeness (QED) is 0.821. The third-order valence-corrected chi connectivity index (χ3v) is 6.11. The van der Waals surface area contributed by atoms with Gasteiger partial charge in [0.15, 0.2) is 0 Å². The fourth-order valence-electron chi connectivity index (χ4n) is 2.97. The number of hydrogen-bond acceptors (Lipinski definition) is 5. The highest BCUT2D eigenvalue weighted by Crippen LogP contribution is 2.30. The van der Waals surface area contributed by atoms with Crippen LogP contribution in [0.2, 0.25) is 0 Å². The van der Waals surface area contributed by atoms with Gasteiger partial charge in [-0.3, -0.25) is 4.79 Å². The number of hydrogen-bond donors (Lipinski definition) is 1. The molecule has 0 aromatic heterocycles. The molecule has 1 heterocycles. The number of rotatable bonds is 6. The molecule has 1 fully saturated rings. The fraction of sp³-hybridized carbons (Fsp3) is 0.278. The minimum Gasteiger partial charge on any atom is -0.497 e. The molecule has 0 radical (unpaired) electrons. The molecule has 7 nitrogen and oxygen atoms in total. The number of sulfonamides is 1. The molecule has 0 saturated carbocycles. The van der Waals surface area contributed by atoms with Crippen molar-refractivity contribution in [1.29, 1.82) is 0 Å². The molecule has 1 aliphatic rings. The number of methoxy groups -OCH3 is 1. The normalized spacial score (nSPS) is 20.7. The van der Waals surface area contributed by atoms with Crippen molar-refractivity contribution in [3.8, 4) is 11.5 Å². The predicted octanol–water partition coefficient (Wildman–Crippen LogP) is 1.39. The van der Waals surface area contributed by atoms with Crippen LogP contribution in [0.3, 0.4) is 0 Å². The first-order valence-electron chi connectivity index (χ1n) is 8.08. The van der Waals surface area contributed by atoms with Crippen molar-refractivity contribution in [1.82, 2.24) is 4.31 Å². The summed E-state index contributed by atoms with van der Waals surface area (Å²) in [6.45, 7) is 0.0437. The van der Waals surface area contributed by atoms with Gasteiger partial charge in [0.2, 0.25) is 15.9 Å². The lowest BCUT2D eigenvalue weighted by Gasteiger charge is -2.21. The smallest absolute Gasteiger partial charge is 0.244 e. The molecular weight excluding hydrogens is 356 g/mol. The molecule has 1 amide bonds. The molecule has 2 aromatic rings. The Morgan fingerprint density at radius 2 is 1.81 bits per heavy atom. The van der Waals surface area contributed by atoms with E-state index in [1.807, 2.05) is 18.2 Å². The van der Waals surface area contributed by atoms with Gasteiger partial charge in [-0.1, -0.05) is 24.3 Å². The summed E-state index contributed by atoms with van der Waals surface area (Å²) in [5.41, 5.74) is 5.45. The lowest BCUT2D eigenvalue weighted by molar-refractivity contribution is -0.121. The van der Waals surface area contributed by atoms with Crippen molar-refractivity contribution in [2.75, 3.05) is 13.7 Å². The van der Waals surface area contributed by atoms with E-state index in [-0.39, 0.29) is 17.9 Å². The molecule has 26 heavy (non-hydrogen) atoms. The van der Waals surface area contributed by atoms with E-state index < -0.39 is 28.1 Å². The van der Waals surface area contributed by atoms with Gasteiger partial charge in [0.25, 0.3) is 0 Å². The van der Waals surface area contributed by atoms with Crippen LogP contribution in [0.1, 0.15) is 6.42 Å². The summed E-state index contributed by atoms with van der Waals surface area (Å²) in [5.74, 6) is 0.329. The molecule has 1 saturated heterocycles. The summed E-state index contributed by atoms with van der Waals surface area (Å²) < 4.78 is 38.1. The van der Waals surface area contributed by atoms with Crippen molar-refractivity contribution in [2.45, 2.75) is 23.5 Å². The van der Waals surface area contributed by atoms with Gasteiger partial charge >= 0.3 is 0 Å². The van der Waals surface area contributed by atoms with Gasteiger partial charge in [-0.05, 0) is 24.3 Å². The van der Waals surface area contributed by atoms with Crippen molar-refractivity contribution >= 4 is 15.9 Å². The van der Waals surface area contributed by atoms with E-state index >= 15 is 0 Å². The second-order valence-corrected chi connectivity index (χ2v) is 7.85. The van der Waals surface area contributed by atoms with E-state index in [0.29, 0.717) is 11.5 Å². The maximum atomic E-state index is 13.0. The number of nitrogens with zero attached hydrogens (tertiary/aromatic N) is 1. The zero-order chi connectivity index (χ0) is 18.7. The monoisotopic (exact) mass is 376 g/mol. The minimum absolute atomic E-state index is 0.0437. The average molecular weight is 376 g/mol. The van der Waals surface area contributed by atoms with Crippen LogP contribution in [0, 0.1) is 0 Å². The fourth-order valence-corrected chi connectivity index (χ4v) is 4.64. The van der Waals surface area contributed by atoms with Crippen LogP contribution in [0.5, 0.6) is 11.5 Å². The Morgan fingerprint density at radius 3 is 2.46 bits per heavy atom. The van der Waals surface area contributed by atoms with E-state index in [1.54, 1.807) is 24.3 Å². The number of benzene rings is 2. The van der Waals surface area contributed by atoms with Crippen LogP contribution in [0.15, 0.2) is 59.5 Å². The number of para-hydroxylation sites is 1. The van der Waals surface area contributed by atoms with Crippen LogP contribution < -0.4 is 15.2 Å². The first kappa shape index (κ1) is 18.2. The third-order valence-electron chi connectivity index (χ3n) is 4.24. The van der Waals surface area contributed by atoms with E-state index in [2.05, 4.69) is 0 Å². The van der Waals surface area contributed by atoms with E-state index in [9.17, 15) is 13.2 Å². The summed E-state index contributed by atoms with van der Waals surface area (Å²) in [6, 6.07) is 14.2. The van der Waals surface area contributed by atoms with Crippen molar-refractivity contribution < 1.29 is 22.7 Å². The van der Waals surface area contributed by atoms with Crippen LogP contribution in [-0.4, -0.2) is 44.4 Å². The zero-order valence-corrected chi connectivity index (χ0v) is 15.1. The van der Waals surface area contributed by atoms with Crippen molar-refractivity contribution in [3.63, 3.8) is 0 Å². The zero-order valence-electron chi connectivity index (χ0n) is 14.2. The highest BCUT2D eigenvalue weighted by molar-refractivity contribution is 7.89. The second kappa shape index (κ2) is 7.35. The number of nitrogens with two attached hydrogens (primary N) is 1. The number of ether oxygens (including phenoxy) is 2. The van der Waals surface area contributed by atoms with Crippen LogP contribution in [0.25, 0.3) is 0 Å². The Hall–Kier alpha value is -2.58. The Bertz CT molecular complexity index is 885. The lowest BCUT2D eigenvalue weighted by atomic mass is 10.2. The van der Waals surface area contributed by atoms with Gasteiger partial charge in [0.1, 0.15) is 23.6 Å². The van der Waals surface area contributed by atoms with Crippen LogP contribution in [0.4, 0.5) is 0 Å². The molecule has 2 atom stereocenters. The van der Waals surface area contributed by atoms with Crippen molar-refractivity contribution in [3.05, 3.63) is 54.6 Å². The molecular formula is C18H20N2O5S. The van der Waals surface area contributed by atoms with Gasteiger partial charge in [-0.15, -0.1) is 0 Å². The largest absolute Gasteiger partial charge is 0.497 e. The number of primary amides is 1. The van der Waals surface area contributed by atoms with E-state index in [0.717, 1.165) is 4.31 Å². The Morgan fingerprint density at radius 1 is 1.12 bits per heavy atom. The molecule has 1 aliphatic heterocycles. The third kappa shape index (κ3) is 3.66. The number of amides is 1. The summed E-state index contributed by atoms with van der Waals surface area (Å²) in [7, 11) is -2.46. The standard InChI is InChI=1S/C18H20N2O5S/c1-24-14-8-5-9-16(10-14)26(22,23)20-12-15(11-17(20)18(19)21)25-13-6-3-2-4-7-13/h2-10,15,17H,11-12H2,1H3,(H2,19,21). The Balaban J connectivity index is 1.87. The topological polar surface area (TPSA) is 98.9 Å². The Kier molecular flexibility index (Phi) is 5.15. The first-order valence-corrected chi connectivity index (χ1v) is 9.52. The second-order valence-electron chi connectivity index (χ2n) is 5.96. The molecule has 138 valence electrons. The molecule has 2 N–H and O–H groups in total. The minimum atomic E-state index is -3.92. The highest BCUT2D eigenvalue weighted by Gasteiger charge is 2.44. The maximum Gasteiger partial charge on any atom is 0.244 e. The molecule has 8 heteroatoms. The van der Waals surface area contributed by atoms with Gasteiger partial charge in [0, 0.05) is 12.5 Å². The highest BCUT2D eigenvalue weighted by atomic mass is 32.2. The van der Waals surface area contributed by atoms with Crippen LogP contribution in [-0.2, 0) is 14.8 Å². The van der Waals surface area contributed by atoms with Gasteiger partial charge < -0.3 is 15.2 Å². The lowest BCUT2D eigenvalue weighted by Crippen LogP contribution is -2.43. The molecule has 0 spiro atoms. The van der Waals surface area contributed by atoms with Gasteiger partial charge in [0.05, 0.1) is 18.6 Å². The molecule has 2 unspecified atom stereocenters. The molecule has 0 bridgehead atoms. The summed E-state index contributed by atoms with van der Waals surface area (Å²) in [5, 5.41) is 0. The first-order chi connectivity index (χ1) is 12.4. The predicted molar refractivity (Wildman–Crippen MR) is 95.3 cm³/mol. The van der Waals surface area contributed by atoms with Crippen LogP contribution >= 0.6 is 0 Å². The molecule has 3 rings (SSSR count). The molecule has 2 aromatic carbocycles. The SMILES string of the molecule is COc1cccc(S(=O)(=O)N2CC(Oc3ccccc3)CC2C(N)=O)c1. The van der Waals surface area contributed by atoms with E-state index in [1.165, 1.54) is 19.2 Å². The van der Waals surface area contributed by atoms with E-state index in [4.69, 9.17) is 15.2 Å². The summed E-state index contributed by atoms with van der Waals surface area (Å²) in [4.78, 5) is 11.9. The maximum absolute atomic E-state index is 13.0. The summed E-state index contributed by atoms with van der Waals surface area (Å²) in [6.07, 6.45) is -0.261. The Labute approximate surface area is 152 Å². The van der Waals surface area contributed by atoms with Crippen molar-refractivity contribution in [2.24, 2.45) is 5.73 Å². The van der Waals surface area contributed by atoms with Gasteiger partial charge in [-0.25, -0.2) is 8.42 Å². The van der Waals surface area contributed by atoms with Gasteiger partial charge in [-0.2, -0.15) is 4.31 Å². The summed E-state index contributed by atoms with van der Waals surface area (Å²) >= 11 is 0. The number of carbonyl (C=O) groups is 1.